The number of nitrogens with one attached hydrogen (secondary N) is 2. The van der Waals surface area contributed by atoms with Gasteiger partial charge in [0.1, 0.15) is 5.69 Å². The molecule has 2 amide bonds. The number of amides is 2. The molecule has 4 rings (SSSR count). The van der Waals surface area contributed by atoms with Gasteiger partial charge in [0.15, 0.2) is 5.82 Å². The molecule has 0 aliphatic rings. The molecule has 0 spiro atoms. The number of hydrogen-bond donors (Lipinski definition) is 3. The molecule has 0 aliphatic heterocycles. The number of nitrogens with zero attached hydrogens (tertiary/aromatic N) is 3. The topological polar surface area (TPSA) is 136 Å². The van der Waals surface area contributed by atoms with Gasteiger partial charge in [-0.25, -0.2) is 9.67 Å². The van der Waals surface area contributed by atoms with Crippen LogP contribution in [0, 0.1) is 0 Å². The van der Waals surface area contributed by atoms with Gasteiger partial charge in [-0.15, -0.1) is 0 Å². The van der Waals surface area contributed by atoms with Crippen molar-refractivity contribution in [1.29, 1.82) is 0 Å². The van der Waals surface area contributed by atoms with E-state index in [-0.39, 0.29) is 12.1 Å². The number of nitrogens with two attached hydrogens (primary N) is 1. The second kappa shape index (κ2) is 8.62. The number of aryl methyl sites for hydroxylation is 1. The average molecular weight is 416 g/mol. The summed E-state index contributed by atoms with van der Waals surface area (Å²) in [4.78, 5) is 44.2. The first-order valence-electron chi connectivity index (χ1n) is 9.69. The molecule has 4 aromatic rings. The van der Waals surface area contributed by atoms with E-state index in [9.17, 15) is 14.4 Å². The van der Waals surface area contributed by atoms with E-state index in [2.05, 4.69) is 20.4 Å². The van der Waals surface area contributed by atoms with Gasteiger partial charge >= 0.3 is 0 Å². The zero-order valence-corrected chi connectivity index (χ0v) is 16.5. The number of benzene rings is 1. The Morgan fingerprint density at radius 2 is 1.87 bits per heavy atom. The average Bonchev–Trinajstić information content (AvgIpc) is 3.44. The Bertz CT molecular complexity index is 1240. The number of rotatable bonds is 8. The van der Waals surface area contributed by atoms with Crippen molar-refractivity contribution in [2.75, 3.05) is 0 Å². The van der Waals surface area contributed by atoms with Gasteiger partial charge in [0.05, 0.1) is 12.2 Å². The molecule has 0 bridgehead atoms. The van der Waals surface area contributed by atoms with E-state index in [1.165, 1.54) is 16.9 Å². The first-order valence-corrected chi connectivity index (χ1v) is 9.69. The van der Waals surface area contributed by atoms with Crippen LogP contribution in [0.1, 0.15) is 22.5 Å². The van der Waals surface area contributed by atoms with Crippen LogP contribution < -0.4 is 11.1 Å². The minimum atomic E-state index is -1.09. The molecule has 0 saturated carbocycles. The fourth-order valence-electron chi connectivity index (χ4n) is 3.45. The number of carbonyl (C=O) groups excluding carboxylic acids is 3. The van der Waals surface area contributed by atoms with Crippen molar-refractivity contribution in [2.45, 2.75) is 18.9 Å². The van der Waals surface area contributed by atoms with Gasteiger partial charge in [-0.2, -0.15) is 5.10 Å². The fraction of sp³-hybridized carbons (Fsp3) is 0.136. The van der Waals surface area contributed by atoms with E-state index >= 15 is 0 Å². The molecule has 3 heterocycles. The molecule has 31 heavy (non-hydrogen) atoms. The predicted molar refractivity (Wildman–Crippen MR) is 113 cm³/mol. The van der Waals surface area contributed by atoms with Crippen LogP contribution in [0.5, 0.6) is 0 Å². The smallest absolute Gasteiger partial charge is 0.287 e. The third kappa shape index (κ3) is 4.20. The summed E-state index contributed by atoms with van der Waals surface area (Å²) in [5.41, 5.74) is 7.35. The van der Waals surface area contributed by atoms with E-state index in [0.29, 0.717) is 12.2 Å². The van der Waals surface area contributed by atoms with Crippen LogP contribution in [0.25, 0.3) is 16.7 Å². The van der Waals surface area contributed by atoms with Crippen molar-refractivity contribution < 1.29 is 14.4 Å². The lowest BCUT2D eigenvalue weighted by Crippen LogP contribution is -2.46. The van der Waals surface area contributed by atoms with Crippen molar-refractivity contribution in [3.8, 4) is 5.82 Å². The molecule has 0 radical (unpaired) electrons. The molecule has 0 aliphatic carbocycles. The molecule has 156 valence electrons. The van der Waals surface area contributed by atoms with E-state index < -0.39 is 23.6 Å². The highest BCUT2D eigenvalue weighted by Gasteiger charge is 2.27. The van der Waals surface area contributed by atoms with Gasteiger partial charge in [0, 0.05) is 23.3 Å². The van der Waals surface area contributed by atoms with Crippen molar-refractivity contribution in [1.82, 2.24) is 25.1 Å². The summed E-state index contributed by atoms with van der Waals surface area (Å²) in [7, 11) is 0. The van der Waals surface area contributed by atoms with Crippen LogP contribution in [0.3, 0.4) is 0 Å². The molecule has 1 atom stereocenters. The third-order valence-corrected chi connectivity index (χ3v) is 4.98. The lowest BCUT2D eigenvalue weighted by molar-refractivity contribution is -0.137. The maximum absolute atomic E-state index is 12.9. The number of fused-ring (bicyclic) bond motifs is 1. The minimum absolute atomic E-state index is 0.188. The Morgan fingerprint density at radius 3 is 2.65 bits per heavy atom. The summed E-state index contributed by atoms with van der Waals surface area (Å²) in [5.74, 6) is -2.05. The van der Waals surface area contributed by atoms with Crippen molar-refractivity contribution in [3.63, 3.8) is 0 Å². The zero-order valence-electron chi connectivity index (χ0n) is 16.5. The highest BCUT2D eigenvalue weighted by atomic mass is 16.2. The highest BCUT2D eigenvalue weighted by molar-refractivity contribution is 6.38. The molecule has 3 aromatic heterocycles. The number of para-hydroxylation sites is 1. The molecule has 9 nitrogen and oxygen atoms in total. The van der Waals surface area contributed by atoms with Gasteiger partial charge in [0.25, 0.3) is 11.8 Å². The number of aromatic nitrogens is 4. The van der Waals surface area contributed by atoms with Crippen molar-refractivity contribution >= 4 is 28.5 Å². The number of hydrogen-bond acceptors (Lipinski definition) is 5. The Morgan fingerprint density at radius 1 is 1.06 bits per heavy atom. The Labute approximate surface area is 177 Å². The molecule has 0 fully saturated rings. The summed E-state index contributed by atoms with van der Waals surface area (Å²) in [6, 6.07) is 13.4. The highest BCUT2D eigenvalue weighted by Crippen LogP contribution is 2.20. The Kier molecular flexibility index (Phi) is 5.57. The largest absolute Gasteiger partial charge is 0.363 e. The standard InChI is InChI=1S/C22H20N6O3/c23-21(30)20(29)17(9-8-14-13-25-16-6-2-1-5-15(14)16)27-22(31)18-10-12-26-28(18)19-7-3-4-11-24-19/h1-7,10-13,17,25H,8-9H2,(H2,23,30)(H,27,31). The number of primary amides is 1. The van der Waals surface area contributed by atoms with Crippen LogP contribution in [-0.4, -0.2) is 43.4 Å². The Hall–Kier alpha value is -4.27. The van der Waals surface area contributed by atoms with Crippen molar-refractivity contribution in [3.05, 3.63) is 78.4 Å². The molecule has 1 unspecified atom stereocenters. The summed E-state index contributed by atoms with van der Waals surface area (Å²) in [6.07, 6.45) is 5.58. The van der Waals surface area contributed by atoms with Gasteiger partial charge in [-0.3, -0.25) is 14.4 Å². The summed E-state index contributed by atoms with van der Waals surface area (Å²) < 4.78 is 1.36. The lowest BCUT2D eigenvalue weighted by atomic mass is 10.0. The summed E-state index contributed by atoms with van der Waals surface area (Å²) >= 11 is 0. The molecular weight excluding hydrogens is 396 g/mol. The maximum Gasteiger partial charge on any atom is 0.287 e. The van der Waals surface area contributed by atoms with Crippen LogP contribution >= 0.6 is 0 Å². The lowest BCUT2D eigenvalue weighted by Gasteiger charge is -2.16. The molecule has 1 aromatic carbocycles. The van der Waals surface area contributed by atoms with E-state index in [4.69, 9.17) is 5.73 Å². The maximum atomic E-state index is 12.9. The second-order valence-electron chi connectivity index (χ2n) is 6.97. The van der Waals surface area contributed by atoms with Crippen LogP contribution in [-0.2, 0) is 16.0 Å². The van der Waals surface area contributed by atoms with E-state index in [1.54, 1.807) is 24.4 Å². The first kappa shape index (κ1) is 20.0. The minimum Gasteiger partial charge on any atom is -0.363 e. The normalized spacial score (nSPS) is 11.9. The van der Waals surface area contributed by atoms with Crippen LogP contribution in [0.4, 0.5) is 0 Å². The second-order valence-corrected chi connectivity index (χ2v) is 6.97. The third-order valence-electron chi connectivity index (χ3n) is 4.98. The molecule has 9 heteroatoms. The summed E-state index contributed by atoms with van der Waals surface area (Å²) in [6.45, 7) is 0. The SMILES string of the molecule is NC(=O)C(=O)C(CCc1c[nH]c2ccccc12)NC(=O)c1ccnn1-c1ccccn1. The number of ketones is 1. The monoisotopic (exact) mass is 416 g/mol. The quantitative estimate of drug-likeness (QED) is 0.374. The Balaban J connectivity index is 1.54. The van der Waals surface area contributed by atoms with Crippen LogP contribution in [0.15, 0.2) is 67.1 Å². The number of Topliss-reactive ketones (excluding diaryl/α,β-unsaturated/α-hetero) is 1. The number of aromatic amines is 1. The van der Waals surface area contributed by atoms with Gasteiger partial charge in [0.2, 0.25) is 5.78 Å². The number of carbonyl (C=O) groups is 3. The fourth-order valence-corrected chi connectivity index (χ4v) is 3.45. The van der Waals surface area contributed by atoms with Crippen LogP contribution in [0.2, 0.25) is 0 Å². The molecule has 4 N–H and O–H groups in total. The zero-order chi connectivity index (χ0) is 21.8. The molecule has 0 saturated heterocycles. The molecular formula is C22H20N6O3. The first-order chi connectivity index (χ1) is 15.0. The van der Waals surface area contributed by atoms with E-state index in [1.807, 2.05) is 30.5 Å². The summed E-state index contributed by atoms with van der Waals surface area (Å²) in [5, 5.41) is 7.78. The van der Waals surface area contributed by atoms with Gasteiger partial charge in [-0.1, -0.05) is 24.3 Å². The van der Waals surface area contributed by atoms with Gasteiger partial charge in [-0.05, 0) is 42.7 Å². The van der Waals surface area contributed by atoms with E-state index in [0.717, 1.165) is 16.5 Å². The number of pyridine rings is 1. The number of H-pyrrole nitrogens is 1. The van der Waals surface area contributed by atoms with Gasteiger partial charge < -0.3 is 16.0 Å². The predicted octanol–water partition coefficient (Wildman–Crippen LogP) is 1.53. The van der Waals surface area contributed by atoms with Crippen molar-refractivity contribution in [2.24, 2.45) is 5.73 Å².